The number of hydrogen-bond acceptors (Lipinski definition) is 4. The van der Waals surface area contributed by atoms with Gasteiger partial charge in [0.05, 0.1) is 10.5 Å². The fourth-order valence-electron chi connectivity index (χ4n) is 3.33. The number of benzene rings is 1. The van der Waals surface area contributed by atoms with Crippen molar-refractivity contribution in [3.8, 4) is 0 Å². The van der Waals surface area contributed by atoms with Crippen LogP contribution in [0.15, 0.2) is 40.6 Å². The predicted molar refractivity (Wildman–Crippen MR) is 99.1 cm³/mol. The van der Waals surface area contributed by atoms with E-state index in [0.29, 0.717) is 6.54 Å². The summed E-state index contributed by atoms with van der Waals surface area (Å²) in [5.74, 6) is -1.20. The summed E-state index contributed by atoms with van der Waals surface area (Å²) in [4.78, 5) is 15.6. The highest BCUT2D eigenvalue weighted by Crippen LogP contribution is 2.26. The Bertz CT molecular complexity index is 882. The number of nitrogens with zero attached hydrogens (tertiary/aromatic N) is 1. The van der Waals surface area contributed by atoms with Gasteiger partial charge in [-0.15, -0.1) is 11.3 Å². The van der Waals surface area contributed by atoms with Gasteiger partial charge in [-0.25, -0.2) is 17.9 Å². The van der Waals surface area contributed by atoms with E-state index in [1.165, 1.54) is 4.88 Å². The number of aryl methyl sites for hydroxylation is 1. The van der Waals surface area contributed by atoms with Crippen molar-refractivity contribution in [2.24, 2.45) is 5.14 Å². The maximum atomic E-state index is 14.2. The molecule has 26 heavy (non-hydrogen) atoms. The molecule has 0 bridgehead atoms. The number of hydrogen-bond donors (Lipinski definition) is 1. The molecule has 1 unspecified atom stereocenters. The van der Waals surface area contributed by atoms with Gasteiger partial charge < -0.3 is 4.90 Å². The standard InChI is InChI=1S/C18H21FN2O3S2/c19-17-9-8-15(26(20,23)24)12-16(17)18(22)21-10-2-1-4-13(21)6-7-14-5-3-11-25-14/h3,5,8-9,11-13H,1-2,4,6-7,10H2,(H2,20,23,24). The first-order chi connectivity index (χ1) is 12.4. The van der Waals surface area contributed by atoms with E-state index in [2.05, 4.69) is 6.07 Å². The second kappa shape index (κ2) is 7.85. The lowest BCUT2D eigenvalue weighted by atomic mass is 9.96. The molecule has 5 nitrogen and oxygen atoms in total. The maximum absolute atomic E-state index is 14.2. The minimum atomic E-state index is -4.00. The molecule has 1 aromatic heterocycles. The van der Waals surface area contributed by atoms with Gasteiger partial charge in [0.15, 0.2) is 0 Å². The number of likely N-dealkylation sites (tertiary alicyclic amines) is 1. The molecule has 140 valence electrons. The maximum Gasteiger partial charge on any atom is 0.257 e. The first-order valence-electron chi connectivity index (χ1n) is 8.52. The van der Waals surface area contributed by atoms with E-state index < -0.39 is 21.7 Å². The molecule has 2 aromatic rings. The topological polar surface area (TPSA) is 80.5 Å². The van der Waals surface area contributed by atoms with Crippen molar-refractivity contribution in [2.75, 3.05) is 6.54 Å². The largest absolute Gasteiger partial charge is 0.336 e. The highest BCUT2D eigenvalue weighted by Gasteiger charge is 2.29. The number of nitrogens with two attached hydrogens (primary N) is 1. The summed E-state index contributed by atoms with van der Waals surface area (Å²) in [7, 11) is -4.00. The molecule has 1 aliphatic heterocycles. The van der Waals surface area contributed by atoms with E-state index in [1.807, 2.05) is 11.4 Å². The van der Waals surface area contributed by atoms with Gasteiger partial charge in [-0.3, -0.25) is 4.79 Å². The Morgan fingerprint density at radius 3 is 2.81 bits per heavy atom. The van der Waals surface area contributed by atoms with Crippen LogP contribution in [0.4, 0.5) is 4.39 Å². The Balaban J connectivity index is 1.82. The van der Waals surface area contributed by atoms with Crippen LogP contribution in [-0.4, -0.2) is 31.8 Å². The van der Waals surface area contributed by atoms with E-state index in [-0.39, 0.29) is 16.5 Å². The number of rotatable bonds is 5. The molecule has 1 saturated heterocycles. The van der Waals surface area contributed by atoms with Crippen LogP contribution in [0.2, 0.25) is 0 Å². The zero-order valence-electron chi connectivity index (χ0n) is 14.2. The smallest absolute Gasteiger partial charge is 0.257 e. The van der Waals surface area contributed by atoms with E-state index in [1.54, 1.807) is 16.2 Å². The quantitative estimate of drug-likeness (QED) is 0.843. The van der Waals surface area contributed by atoms with Crippen LogP contribution >= 0.6 is 11.3 Å². The summed E-state index contributed by atoms with van der Waals surface area (Å²) in [6, 6.07) is 7.18. The summed E-state index contributed by atoms with van der Waals surface area (Å²) in [5.41, 5.74) is -0.237. The third-order valence-corrected chi connectivity index (χ3v) is 6.54. The number of sulfonamides is 1. The van der Waals surface area contributed by atoms with E-state index in [0.717, 1.165) is 50.3 Å². The molecule has 0 radical (unpaired) electrons. The Morgan fingerprint density at radius 2 is 2.12 bits per heavy atom. The fraction of sp³-hybridized carbons (Fsp3) is 0.389. The third-order valence-electron chi connectivity index (χ3n) is 4.69. The van der Waals surface area contributed by atoms with Gasteiger partial charge in [0.1, 0.15) is 5.82 Å². The molecule has 2 N–H and O–H groups in total. The number of amides is 1. The van der Waals surface area contributed by atoms with Gasteiger partial charge in [0.25, 0.3) is 5.91 Å². The monoisotopic (exact) mass is 396 g/mol. The van der Waals surface area contributed by atoms with Crippen LogP contribution in [0.25, 0.3) is 0 Å². The summed E-state index contributed by atoms with van der Waals surface area (Å²) < 4.78 is 37.3. The van der Waals surface area contributed by atoms with Gasteiger partial charge in [-0.05, 0) is 61.7 Å². The van der Waals surface area contributed by atoms with Crippen molar-refractivity contribution >= 4 is 27.3 Å². The highest BCUT2D eigenvalue weighted by atomic mass is 32.2. The molecule has 1 aliphatic rings. The molecule has 0 saturated carbocycles. The lowest BCUT2D eigenvalue weighted by Crippen LogP contribution is -2.44. The van der Waals surface area contributed by atoms with E-state index in [9.17, 15) is 17.6 Å². The molecule has 8 heteroatoms. The number of piperidine rings is 1. The van der Waals surface area contributed by atoms with Crippen LogP contribution in [0.1, 0.15) is 40.9 Å². The molecule has 1 amide bonds. The van der Waals surface area contributed by atoms with Crippen LogP contribution in [0.3, 0.4) is 0 Å². The molecule has 2 heterocycles. The summed E-state index contributed by atoms with van der Waals surface area (Å²) in [6.07, 6.45) is 4.43. The summed E-state index contributed by atoms with van der Waals surface area (Å²) in [5, 5.41) is 7.13. The average molecular weight is 397 g/mol. The number of primary sulfonamides is 1. The normalized spacial score (nSPS) is 18.1. The van der Waals surface area contributed by atoms with Gasteiger partial charge >= 0.3 is 0 Å². The Kier molecular flexibility index (Phi) is 5.74. The van der Waals surface area contributed by atoms with Crippen molar-refractivity contribution in [1.82, 2.24) is 4.90 Å². The van der Waals surface area contributed by atoms with Crippen LogP contribution in [-0.2, 0) is 16.4 Å². The molecule has 1 fully saturated rings. The molecular formula is C18H21FN2O3S2. The zero-order chi connectivity index (χ0) is 18.7. The van der Waals surface area contributed by atoms with Crippen molar-refractivity contribution in [3.05, 3.63) is 52.0 Å². The molecule has 1 aromatic carbocycles. The van der Waals surface area contributed by atoms with Crippen molar-refractivity contribution in [3.63, 3.8) is 0 Å². The number of halogens is 1. The molecule has 1 atom stereocenters. The number of thiophene rings is 1. The SMILES string of the molecule is NS(=O)(=O)c1ccc(F)c(C(=O)N2CCCCC2CCc2cccs2)c1. The molecule has 3 rings (SSSR count). The predicted octanol–water partition coefficient (Wildman–Crippen LogP) is 3.16. The van der Waals surface area contributed by atoms with E-state index in [4.69, 9.17) is 5.14 Å². The Hall–Kier alpha value is -1.77. The minimum Gasteiger partial charge on any atom is -0.336 e. The average Bonchev–Trinajstić information content (AvgIpc) is 3.12. The van der Waals surface area contributed by atoms with Crippen LogP contribution in [0, 0.1) is 5.82 Å². The van der Waals surface area contributed by atoms with Crippen LogP contribution < -0.4 is 5.14 Å². The number of carbonyl (C=O) groups is 1. The number of carbonyl (C=O) groups excluding carboxylic acids is 1. The molecule has 0 aliphatic carbocycles. The molecular weight excluding hydrogens is 375 g/mol. The molecule has 0 spiro atoms. The fourth-order valence-corrected chi connectivity index (χ4v) is 4.60. The lowest BCUT2D eigenvalue weighted by molar-refractivity contribution is 0.0597. The summed E-state index contributed by atoms with van der Waals surface area (Å²) in [6.45, 7) is 0.549. The van der Waals surface area contributed by atoms with Crippen molar-refractivity contribution < 1.29 is 17.6 Å². The second-order valence-corrected chi connectivity index (χ2v) is 9.05. The third kappa shape index (κ3) is 4.31. The van der Waals surface area contributed by atoms with Crippen molar-refractivity contribution in [2.45, 2.75) is 43.0 Å². The minimum absolute atomic E-state index is 0.0240. The van der Waals surface area contributed by atoms with Gasteiger partial charge in [0.2, 0.25) is 10.0 Å². The second-order valence-electron chi connectivity index (χ2n) is 6.45. The van der Waals surface area contributed by atoms with Gasteiger partial charge in [0, 0.05) is 17.5 Å². The first-order valence-corrected chi connectivity index (χ1v) is 10.9. The zero-order valence-corrected chi connectivity index (χ0v) is 15.9. The van der Waals surface area contributed by atoms with Gasteiger partial charge in [-0.2, -0.15) is 0 Å². The lowest BCUT2D eigenvalue weighted by Gasteiger charge is -2.36. The first kappa shape index (κ1) is 19.0. The highest BCUT2D eigenvalue weighted by molar-refractivity contribution is 7.89. The summed E-state index contributed by atoms with van der Waals surface area (Å²) >= 11 is 1.68. The van der Waals surface area contributed by atoms with Crippen LogP contribution in [0.5, 0.6) is 0 Å². The Morgan fingerprint density at radius 1 is 1.31 bits per heavy atom. The van der Waals surface area contributed by atoms with Crippen molar-refractivity contribution in [1.29, 1.82) is 0 Å². The van der Waals surface area contributed by atoms with E-state index >= 15 is 0 Å². The van der Waals surface area contributed by atoms with Gasteiger partial charge in [-0.1, -0.05) is 6.07 Å². The Labute approximate surface area is 156 Å².